The number of anilines is 2. The van der Waals surface area contributed by atoms with Crippen LogP contribution >= 0.6 is 0 Å². The van der Waals surface area contributed by atoms with E-state index in [1.54, 1.807) is 17.0 Å². The van der Waals surface area contributed by atoms with Gasteiger partial charge >= 0.3 is 6.09 Å². The first-order chi connectivity index (χ1) is 16.6. The van der Waals surface area contributed by atoms with Crippen LogP contribution in [0.2, 0.25) is 0 Å². The summed E-state index contributed by atoms with van der Waals surface area (Å²) in [6.45, 7) is 2.30. The molecule has 172 valence electrons. The number of fused-ring (bicyclic) bond motifs is 1. The average molecular weight is 458 g/mol. The lowest BCUT2D eigenvalue weighted by molar-refractivity contribution is 0.0941. The van der Waals surface area contributed by atoms with Crippen molar-refractivity contribution in [3.63, 3.8) is 0 Å². The predicted octanol–water partition coefficient (Wildman–Crippen LogP) is 3.87. The first-order valence-electron chi connectivity index (χ1n) is 11.0. The highest BCUT2D eigenvalue weighted by atomic mass is 19.1. The molecule has 0 radical (unpaired) electrons. The lowest BCUT2D eigenvalue weighted by atomic mass is 10.1. The van der Waals surface area contributed by atoms with Crippen LogP contribution in [0.3, 0.4) is 0 Å². The Hall–Kier alpha value is -4.27. The van der Waals surface area contributed by atoms with Crippen molar-refractivity contribution < 1.29 is 13.9 Å². The van der Waals surface area contributed by atoms with E-state index < -0.39 is 0 Å². The van der Waals surface area contributed by atoms with Crippen LogP contribution in [0.25, 0.3) is 22.3 Å². The van der Waals surface area contributed by atoms with Gasteiger partial charge in [-0.1, -0.05) is 30.3 Å². The van der Waals surface area contributed by atoms with Crippen LogP contribution in [0.4, 0.5) is 21.0 Å². The van der Waals surface area contributed by atoms with E-state index in [0.29, 0.717) is 48.7 Å². The number of carbonyl (C=O) groups excluding carboxylic acids is 1. The lowest BCUT2D eigenvalue weighted by Crippen LogP contribution is -2.49. The fourth-order valence-corrected chi connectivity index (χ4v) is 3.93. The van der Waals surface area contributed by atoms with Crippen LogP contribution in [0, 0.1) is 5.82 Å². The first-order valence-corrected chi connectivity index (χ1v) is 11.0. The quantitative estimate of drug-likeness (QED) is 0.496. The molecule has 9 heteroatoms. The van der Waals surface area contributed by atoms with Crippen LogP contribution in [-0.2, 0) is 11.3 Å². The predicted molar refractivity (Wildman–Crippen MR) is 128 cm³/mol. The average Bonchev–Trinajstić information content (AvgIpc) is 2.88. The van der Waals surface area contributed by atoms with E-state index in [2.05, 4.69) is 9.97 Å². The van der Waals surface area contributed by atoms with Gasteiger partial charge < -0.3 is 20.3 Å². The summed E-state index contributed by atoms with van der Waals surface area (Å²) in [7, 11) is 0. The molecular formula is C25H23FN6O2. The molecule has 8 nitrogen and oxygen atoms in total. The van der Waals surface area contributed by atoms with E-state index in [0.717, 1.165) is 11.1 Å². The molecule has 1 saturated heterocycles. The summed E-state index contributed by atoms with van der Waals surface area (Å²) < 4.78 is 18.8. The Morgan fingerprint density at radius 1 is 0.912 bits per heavy atom. The number of amides is 1. The minimum Gasteiger partial charge on any atom is -0.445 e. The molecule has 1 amide bonds. The van der Waals surface area contributed by atoms with Crippen molar-refractivity contribution in [1.29, 1.82) is 0 Å². The first kappa shape index (κ1) is 21.6. The number of hydrogen-bond donors (Lipinski definition) is 1. The molecule has 2 aromatic carbocycles. The van der Waals surface area contributed by atoms with Gasteiger partial charge in [-0.05, 0) is 42.0 Å². The molecule has 5 rings (SSSR count). The van der Waals surface area contributed by atoms with Crippen molar-refractivity contribution in [2.24, 2.45) is 0 Å². The number of nitrogens with zero attached hydrogens (tertiary/aromatic N) is 5. The normalized spacial score (nSPS) is 13.8. The third-order valence-corrected chi connectivity index (χ3v) is 5.72. The van der Waals surface area contributed by atoms with E-state index in [9.17, 15) is 9.18 Å². The summed E-state index contributed by atoms with van der Waals surface area (Å²) in [6.07, 6.45) is -0.340. The van der Waals surface area contributed by atoms with E-state index in [1.807, 2.05) is 47.4 Å². The number of nitrogens with two attached hydrogens (primary N) is 1. The molecule has 1 aliphatic heterocycles. The maximum atomic E-state index is 13.3. The number of aromatic nitrogens is 3. The van der Waals surface area contributed by atoms with E-state index in [4.69, 9.17) is 15.5 Å². The molecule has 0 aliphatic carbocycles. The third-order valence-electron chi connectivity index (χ3n) is 5.72. The van der Waals surface area contributed by atoms with Crippen molar-refractivity contribution in [2.45, 2.75) is 6.61 Å². The molecule has 3 heterocycles. The fourth-order valence-electron chi connectivity index (χ4n) is 3.93. The molecule has 1 fully saturated rings. The Morgan fingerprint density at radius 3 is 2.38 bits per heavy atom. The highest BCUT2D eigenvalue weighted by Crippen LogP contribution is 2.27. The van der Waals surface area contributed by atoms with E-state index >= 15 is 0 Å². The lowest BCUT2D eigenvalue weighted by Gasteiger charge is -2.35. The van der Waals surface area contributed by atoms with Crippen LogP contribution in [0.1, 0.15) is 5.56 Å². The Morgan fingerprint density at radius 2 is 1.65 bits per heavy atom. The van der Waals surface area contributed by atoms with Crippen molar-refractivity contribution in [3.8, 4) is 11.3 Å². The molecule has 0 saturated carbocycles. The maximum Gasteiger partial charge on any atom is 0.410 e. The number of carbonyl (C=O) groups is 1. The van der Waals surface area contributed by atoms with Gasteiger partial charge in [0.15, 0.2) is 5.82 Å². The molecule has 0 atom stereocenters. The Balaban J connectivity index is 1.32. The number of piperazine rings is 1. The summed E-state index contributed by atoms with van der Waals surface area (Å²) in [5, 5.41) is 0. The van der Waals surface area contributed by atoms with Crippen LogP contribution in [0.5, 0.6) is 0 Å². The molecule has 2 N–H and O–H groups in total. The highest BCUT2D eigenvalue weighted by molar-refractivity contribution is 5.88. The SMILES string of the molecule is Nc1nc(N2CCN(C(=O)OCc3ccccc3)CC2)c2nc(-c3ccc(F)cc3)ccc2n1. The van der Waals surface area contributed by atoms with Gasteiger partial charge in [-0.3, -0.25) is 0 Å². The van der Waals surface area contributed by atoms with Gasteiger partial charge in [0.25, 0.3) is 0 Å². The van der Waals surface area contributed by atoms with Crippen LogP contribution in [0.15, 0.2) is 66.7 Å². The van der Waals surface area contributed by atoms with Crippen molar-refractivity contribution >= 4 is 28.9 Å². The second-order valence-electron chi connectivity index (χ2n) is 7.99. The van der Waals surface area contributed by atoms with Gasteiger partial charge in [-0.2, -0.15) is 4.98 Å². The Kier molecular flexibility index (Phi) is 5.90. The zero-order chi connectivity index (χ0) is 23.5. The third kappa shape index (κ3) is 4.59. The topological polar surface area (TPSA) is 97.5 Å². The Labute approximate surface area is 195 Å². The van der Waals surface area contributed by atoms with Crippen LogP contribution < -0.4 is 10.6 Å². The molecule has 4 aromatic rings. The number of rotatable bonds is 4. The summed E-state index contributed by atoms with van der Waals surface area (Å²) in [4.78, 5) is 29.8. The second-order valence-corrected chi connectivity index (χ2v) is 7.99. The van der Waals surface area contributed by atoms with E-state index in [-0.39, 0.29) is 24.5 Å². The number of hydrogen-bond acceptors (Lipinski definition) is 7. The summed E-state index contributed by atoms with van der Waals surface area (Å²) in [6, 6.07) is 19.4. The number of halogens is 1. The van der Waals surface area contributed by atoms with Gasteiger partial charge in [0, 0.05) is 31.7 Å². The summed E-state index contributed by atoms with van der Waals surface area (Å²) in [5.74, 6) is 0.466. The van der Waals surface area contributed by atoms with Gasteiger partial charge in [0.05, 0.1) is 11.2 Å². The molecule has 1 aliphatic rings. The second kappa shape index (κ2) is 9.30. The Bertz CT molecular complexity index is 1310. The maximum absolute atomic E-state index is 13.3. The van der Waals surface area contributed by atoms with Crippen molar-refractivity contribution in [1.82, 2.24) is 19.9 Å². The standard InChI is InChI=1S/C25H23FN6O2/c26-19-8-6-18(7-9-19)20-10-11-21-22(28-20)23(30-24(27)29-21)31-12-14-32(15-13-31)25(33)34-16-17-4-2-1-3-5-17/h1-11H,12-16H2,(H2,27,29,30). The highest BCUT2D eigenvalue weighted by Gasteiger charge is 2.25. The fraction of sp³-hybridized carbons (Fsp3) is 0.200. The minimum absolute atomic E-state index is 0.156. The molecule has 0 spiro atoms. The van der Waals surface area contributed by atoms with Gasteiger partial charge in [0.1, 0.15) is 17.9 Å². The van der Waals surface area contributed by atoms with Crippen LogP contribution in [-0.4, -0.2) is 52.1 Å². The van der Waals surface area contributed by atoms with Crippen molar-refractivity contribution in [3.05, 3.63) is 78.1 Å². The molecule has 0 unspecified atom stereocenters. The molecule has 34 heavy (non-hydrogen) atoms. The monoisotopic (exact) mass is 458 g/mol. The number of nitrogen functional groups attached to an aromatic ring is 1. The largest absolute Gasteiger partial charge is 0.445 e. The zero-order valence-electron chi connectivity index (χ0n) is 18.4. The zero-order valence-corrected chi connectivity index (χ0v) is 18.4. The smallest absolute Gasteiger partial charge is 0.410 e. The summed E-state index contributed by atoms with van der Waals surface area (Å²) in [5.41, 5.74) is 9.61. The van der Waals surface area contributed by atoms with Gasteiger partial charge in [0.2, 0.25) is 5.95 Å². The molecular weight excluding hydrogens is 435 g/mol. The number of benzene rings is 2. The molecule has 2 aromatic heterocycles. The van der Waals surface area contributed by atoms with Gasteiger partial charge in [-0.25, -0.2) is 19.2 Å². The number of ether oxygens (including phenoxy) is 1. The number of pyridine rings is 1. The summed E-state index contributed by atoms with van der Waals surface area (Å²) >= 11 is 0. The molecule has 0 bridgehead atoms. The minimum atomic E-state index is -0.340. The van der Waals surface area contributed by atoms with Gasteiger partial charge in [-0.15, -0.1) is 0 Å². The van der Waals surface area contributed by atoms with Crippen molar-refractivity contribution in [2.75, 3.05) is 36.8 Å². The van der Waals surface area contributed by atoms with E-state index in [1.165, 1.54) is 12.1 Å².